The first-order chi connectivity index (χ1) is 11.4. The van der Waals surface area contributed by atoms with Gasteiger partial charge >= 0.3 is 6.18 Å². The van der Waals surface area contributed by atoms with Gasteiger partial charge in [-0.1, -0.05) is 6.07 Å². The van der Waals surface area contributed by atoms with Crippen LogP contribution in [0.3, 0.4) is 0 Å². The molecule has 1 aromatic rings. The lowest BCUT2D eigenvalue weighted by atomic mass is 9.92. The molecular weight excluding hydrogens is 321 g/mol. The van der Waals surface area contributed by atoms with Gasteiger partial charge in [0.2, 0.25) is 0 Å². The van der Waals surface area contributed by atoms with Crippen molar-refractivity contribution >= 4 is 5.91 Å². The van der Waals surface area contributed by atoms with E-state index in [2.05, 4.69) is 5.32 Å². The van der Waals surface area contributed by atoms with Gasteiger partial charge in [0.1, 0.15) is 5.75 Å². The molecule has 0 bridgehead atoms. The molecule has 4 nitrogen and oxygen atoms in total. The van der Waals surface area contributed by atoms with Crippen molar-refractivity contribution in [2.24, 2.45) is 11.8 Å². The number of alkyl halides is 3. The molecule has 132 valence electrons. The lowest BCUT2D eigenvalue weighted by Gasteiger charge is -2.21. The number of benzene rings is 1. The summed E-state index contributed by atoms with van der Waals surface area (Å²) < 4.78 is 43.3. The van der Waals surface area contributed by atoms with Crippen LogP contribution in [0.4, 0.5) is 13.2 Å². The Kier molecular flexibility index (Phi) is 4.99. The second kappa shape index (κ2) is 7.01. The molecule has 24 heavy (non-hydrogen) atoms. The maximum Gasteiger partial charge on any atom is 0.416 e. The first-order valence-electron chi connectivity index (χ1n) is 8.22. The lowest BCUT2D eigenvalue weighted by Crippen LogP contribution is -2.36. The van der Waals surface area contributed by atoms with Gasteiger partial charge in [0, 0.05) is 13.1 Å². The van der Waals surface area contributed by atoms with Gasteiger partial charge in [-0.3, -0.25) is 4.79 Å². The number of carbonyl (C=O) groups excluding carboxylic acids is 1. The van der Waals surface area contributed by atoms with Crippen molar-refractivity contribution in [2.45, 2.75) is 19.0 Å². The molecule has 0 spiro atoms. The van der Waals surface area contributed by atoms with Crippen LogP contribution in [0.1, 0.15) is 18.4 Å². The van der Waals surface area contributed by atoms with E-state index in [1.807, 2.05) is 0 Å². The fourth-order valence-electron chi connectivity index (χ4n) is 3.47. The number of ether oxygens (including phenoxy) is 1. The summed E-state index contributed by atoms with van der Waals surface area (Å²) in [5, 5.41) is 3.38. The molecule has 2 fully saturated rings. The Bertz CT molecular complexity index is 577. The first kappa shape index (κ1) is 17.1. The van der Waals surface area contributed by atoms with E-state index in [0.717, 1.165) is 38.1 Å². The zero-order valence-electron chi connectivity index (χ0n) is 13.3. The number of fused-ring (bicyclic) bond motifs is 1. The van der Waals surface area contributed by atoms with Gasteiger partial charge in [0.15, 0.2) is 6.61 Å². The highest BCUT2D eigenvalue weighted by atomic mass is 19.4. The first-order valence-corrected chi connectivity index (χ1v) is 8.22. The molecule has 2 aliphatic heterocycles. The number of carbonyl (C=O) groups is 1. The summed E-state index contributed by atoms with van der Waals surface area (Å²) in [5.41, 5.74) is -0.775. The fraction of sp³-hybridized carbons (Fsp3) is 0.588. The fourth-order valence-corrected chi connectivity index (χ4v) is 3.47. The Morgan fingerprint density at radius 2 is 1.88 bits per heavy atom. The van der Waals surface area contributed by atoms with Crippen LogP contribution >= 0.6 is 0 Å². The summed E-state index contributed by atoms with van der Waals surface area (Å²) >= 11 is 0. The Morgan fingerprint density at radius 1 is 1.21 bits per heavy atom. The van der Waals surface area contributed by atoms with Gasteiger partial charge in [0.05, 0.1) is 5.56 Å². The molecule has 1 amide bonds. The zero-order valence-corrected chi connectivity index (χ0v) is 13.3. The Labute approximate surface area is 139 Å². The minimum absolute atomic E-state index is 0.0640. The number of amides is 1. The summed E-state index contributed by atoms with van der Waals surface area (Å²) in [4.78, 5) is 14.1. The van der Waals surface area contributed by atoms with Gasteiger partial charge in [-0.05, 0) is 56.0 Å². The third-order valence-corrected chi connectivity index (χ3v) is 4.90. The molecule has 0 saturated carbocycles. The van der Waals surface area contributed by atoms with Crippen LogP contribution in [-0.2, 0) is 11.0 Å². The molecule has 3 rings (SSSR count). The average molecular weight is 342 g/mol. The molecular formula is C17H21F3N2O2. The van der Waals surface area contributed by atoms with E-state index >= 15 is 0 Å². The number of nitrogens with one attached hydrogen (secondary N) is 1. The molecule has 0 unspecified atom stereocenters. The predicted octanol–water partition coefficient (Wildman–Crippen LogP) is 2.54. The second-order valence-corrected chi connectivity index (χ2v) is 6.45. The van der Waals surface area contributed by atoms with Crippen LogP contribution in [0.5, 0.6) is 5.75 Å². The van der Waals surface area contributed by atoms with E-state index < -0.39 is 11.7 Å². The van der Waals surface area contributed by atoms with Crippen LogP contribution in [0.2, 0.25) is 0 Å². The Balaban J connectivity index is 1.54. The maximum atomic E-state index is 12.7. The molecule has 1 aromatic carbocycles. The van der Waals surface area contributed by atoms with Crippen molar-refractivity contribution in [1.29, 1.82) is 0 Å². The molecule has 0 aromatic heterocycles. The summed E-state index contributed by atoms with van der Waals surface area (Å²) in [7, 11) is 0. The largest absolute Gasteiger partial charge is 0.484 e. The van der Waals surface area contributed by atoms with Crippen molar-refractivity contribution in [3.63, 3.8) is 0 Å². The highest BCUT2D eigenvalue weighted by Gasteiger charge is 2.32. The molecule has 2 heterocycles. The zero-order chi connectivity index (χ0) is 17.2. The van der Waals surface area contributed by atoms with Crippen molar-refractivity contribution in [3.8, 4) is 5.75 Å². The topological polar surface area (TPSA) is 41.6 Å². The minimum Gasteiger partial charge on any atom is -0.484 e. The number of nitrogens with zero attached hydrogens (tertiary/aromatic N) is 1. The van der Waals surface area contributed by atoms with Gasteiger partial charge in [-0.15, -0.1) is 0 Å². The second-order valence-electron chi connectivity index (χ2n) is 6.45. The number of likely N-dealkylation sites (tertiary alicyclic amines) is 1. The van der Waals surface area contributed by atoms with E-state index in [9.17, 15) is 18.0 Å². The van der Waals surface area contributed by atoms with Gasteiger partial charge in [0.25, 0.3) is 5.91 Å². The third kappa shape index (κ3) is 4.01. The molecule has 2 saturated heterocycles. The number of rotatable bonds is 3. The lowest BCUT2D eigenvalue weighted by molar-refractivity contribution is -0.137. The third-order valence-electron chi connectivity index (χ3n) is 4.90. The molecule has 2 atom stereocenters. The van der Waals surface area contributed by atoms with E-state index in [4.69, 9.17) is 4.74 Å². The van der Waals surface area contributed by atoms with Gasteiger partial charge in [-0.25, -0.2) is 0 Å². The van der Waals surface area contributed by atoms with Gasteiger partial charge < -0.3 is 15.0 Å². The normalized spacial score (nSPS) is 24.4. The van der Waals surface area contributed by atoms with E-state index in [1.165, 1.54) is 12.1 Å². The smallest absolute Gasteiger partial charge is 0.416 e. The Hall–Kier alpha value is -1.76. The van der Waals surface area contributed by atoms with Crippen molar-refractivity contribution in [1.82, 2.24) is 10.2 Å². The van der Waals surface area contributed by atoms with Crippen LogP contribution in [0.25, 0.3) is 0 Å². The van der Waals surface area contributed by atoms with Crippen LogP contribution < -0.4 is 10.1 Å². The summed E-state index contributed by atoms with van der Waals surface area (Å²) in [6.07, 6.45) is -2.49. The molecule has 0 aliphatic carbocycles. The molecule has 1 N–H and O–H groups in total. The summed E-state index contributed by atoms with van der Waals surface area (Å²) in [6, 6.07) is 4.62. The summed E-state index contributed by atoms with van der Waals surface area (Å²) in [6.45, 7) is 3.16. The number of hydrogen-bond donors (Lipinski definition) is 1. The maximum absolute atomic E-state index is 12.7. The SMILES string of the molecule is O=C(COc1cccc(C(F)(F)F)c1)N1CC[C@@H]2CNC[C@@H]2CC1. The Morgan fingerprint density at radius 3 is 2.50 bits per heavy atom. The standard InChI is InChI=1S/C17H21F3N2O2/c18-17(19,20)14-2-1-3-15(8-14)24-11-16(23)22-6-4-12-9-21-10-13(12)5-7-22/h1-3,8,12-13,21H,4-7,9-11H2/t12-,13+. The number of halogens is 3. The molecule has 7 heteroatoms. The monoisotopic (exact) mass is 342 g/mol. The highest BCUT2D eigenvalue weighted by molar-refractivity contribution is 5.77. The molecule has 2 aliphatic rings. The summed E-state index contributed by atoms with van der Waals surface area (Å²) in [5.74, 6) is 1.13. The van der Waals surface area contributed by atoms with Crippen molar-refractivity contribution < 1.29 is 22.7 Å². The number of hydrogen-bond acceptors (Lipinski definition) is 3. The van der Waals surface area contributed by atoms with Crippen LogP contribution in [0.15, 0.2) is 24.3 Å². The van der Waals surface area contributed by atoms with Crippen molar-refractivity contribution in [3.05, 3.63) is 29.8 Å². The van der Waals surface area contributed by atoms with Crippen LogP contribution in [0, 0.1) is 11.8 Å². The van der Waals surface area contributed by atoms with E-state index in [-0.39, 0.29) is 18.3 Å². The van der Waals surface area contributed by atoms with Gasteiger partial charge in [-0.2, -0.15) is 13.2 Å². The predicted molar refractivity (Wildman–Crippen MR) is 82.6 cm³/mol. The molecule has 0 radical (unpaired) electrons. The average Bonchev–Trinajstić information content (AvgIpc) is 2.90. The quantitative estimate of drug-likeness (QED) is 0.918. The highest BCUT2D eigenvalue weighted by Crippen LogP contribution is 2.31. The van der Waals surface area contributed by atoms with Crippen molar-refractivity contribution in [2.75, 3.05) is 32.8 Å². The van der Waals surface area contributed by atoms with E-state index in [1.54, 1.807) is 4.90 Å². The van der Waals surface area contributed by atoms with Crippen LogP contribution in [-0.4, -0.2) is 43.6 Å². The minimum atomic E-state index is -4.42. The van der Waals surface area contributed by atoms with E-state index in [0.29, 0.717) is 24.9 Å².